The lowest BCUT2D eigenvalue weighted by molar-refractivity contribution is -0.117. The molecular weight excluding hydrogens is 338 g/mol. The van der Waals surface area contributed by atoms with Gasteiger partial charge in [0.25, 0.3) is 0 Å². The van der Waals surface area contributed by atoms with Gasteiger partial charge < -0.3 is 9.88 Å². The van der Waals surface area contributed by atoms with Crippen LogP contribution in [0.3, 0.4) is 0 Å². The van der Waals surface area contributed by atoms with E-state index >= 15 is 0 Å². The normalized spacial score (nSPS) is 23.4. The smallest absolute Gasteiger partial charge is 0.321 e. The number of carbonyl (C=O) groups excluding carboxylic acids is 2. The Kier molecular flexibility index (Phi) is 6.34. The van der Waals surface area contributed by atoms with Crippen LogP contribution in [0.1, 0.15) is 57.7 Å². The highest BCUT2D eigenvalue weighted by Crippen LogP contribution is 2.24. The summed E-state index contributed by atoms with van der Waals surface area (Å²) >= 11 is 1.34. The number of amides is 3. The van der Waals surface area contributed by atoms with Crippen LogP contribution in [0.4, 0.5) is 4.79 Å². The summed E-state index contributed by atoms with van der Waals surface area (Å²) in [6.45, 7) is 3.06. The summed E-state index contributed by atoms with van der Waals surface area (Å²) in [5.74, 6) is 1.35. The molecule has 0 unspecified atom stereocenters. The number of fused-ring (bicyclic) bond motifs is 1. The molecule has 1 saturated carbocycles. The second kappa shape index (κ2) is 8.69. The van der Waals surface area contributed by atoms with Crippen LogP contribution in [0.15, 0.2) is 5.16 Å². The lowest BCUT2D eigenvalue weighted by Crippen LogP contribution is -2.48. The van der Waals surface area contributed by atoms with E-state index in [0.717, 1.165) is 56.1 Å². The van der Waals surface area contributed by atoms with Gasteiger partial charge in [-0.3, -0.25) is 10.1 Å². The molecule has 2 aliphatic rings. The van der Waals surface area contributed by atoms with Crippen molar-refractivity contribution in [3.8, 4) is 0 Å². The van der Waals surface area contributed by atoms with Gasteiger partial charge in [-0.05, 0) is 31.6 Å². The van der Waals surface area contributed by atoms with Crippen molar-refractivity contribution in [1.82, 2.24) is 25.4 Å². The number of hydrogen-bond donors (Lipinski definition) is 2. The van der Waals surface area contributed by atoms with Gasteiger partial charge in [-0.25, -0.2) is 4.79 Å². The maximum absolute atomic E-state index is 12.1. The Morgan fingerprint density at radius 2 is 2.00 bits per heavy atom. The molecule has 3 amide bonds. The lowest BCUT2D eigenvalue weighted by atomic mass is 9.86. The van der Waals surface area contributed by atoms with Gasteiger partial charge in [0.1, 0.15) is 5.82 Å². The van der Waals surface area contributed by atoms with Crippen LogP contribution in [-0.2, 0) is 17.8 Å². The third kappa shape index (κ3) is 4.96. The highest BCUT2D eigenvalue weighted by molar-refractivity contribution is 7.99. The Balaban J connectivity index is 1.45. The van der Waals surface area contributed by atoms with E-state index < -0.39 is 0 Å². The molecule has 0 bridgehead atoms. The number of carbonyl (C=O) groups is 2. The molecule has 3 rings (SSSR count). The van der Waals surface area contributed by atoms with Crippen LogP contribution < -0.4 is 10.6 Å². The minimum Gasteiger partial charge on any atom is -0.335 e. The minimum atomic E-state index is -0.385. The third-order valence-electron chi connectivity index (χ3n) is 5.09. The van der Waals surface area contributed by atoms with Gasteiger partial charge >= 0.3 is 6.03 Å². The molecular formula is C17H27N5O2S. The quantitative estimate of drug-likeness (QED) is 0.800. The van der Waals surface area contributed by atoms with Crippen molar-refractivity contribution >= 4 is 23.7 Å². The van der Waals surface area contributed by atoms with E-state index in [4.69, 9.17) is 0 Å². The number of nitrogens with zero attached hydrogens (tertiary/aromatic N) is 3. The molecule has 25 heavy (non-hydrogen) atoms. The number of hydrogen-bond acceptors (Lipinski definition) is 5. The van der Waals surface area contributed by atoms with E-state index in [1.165, 1.54) is 24.6 Å². The SMILES string of the molecule is C[C@@H]1CCCC[C@@H]1NC(=O)NC(=O)CSc1nnc2n1CCCCC2. The summed E-state index contributed by atoms with van der Waals surface area (Å²) in [6.07, 6.45) is 8.89. The molecule has 7 nitrogen and oxygen atoms in total. The maximum atomic E-state index is 12.1. The zero-order valence-electron chi connectivity index (χ0n) is 14.8. The van der Waals surface area contributed by atoms with E-state index in [9.17, 15) is 9.59 Å². The van der Waals surface area contributed by atoms with Gasteiger partial charge in [0, 0.05) is 19.0 Å². The van der Waals surface area contributed by atoms with Crippen LogP contribution in [0.5, 0.6) is 0 Å². The first-order chi connectivity index (χ1) is 12.1. The van der Waals surface area contributed by atoms with Gasteiger partial charge in [0.2, 0.25) is 5.91 Å². The van der Waals surface area contributed by atoms with E-state index in [1.807, 2.05) is 0 Å². The van der Waals surface area contributed by atoms with Crippen LogP contribution in [-0.4, -0.2) is 38.5 Å². The number of rotatable bonds is 4. The Morgan fingerprint density at radius 1 is 1.16 bits per heavy atom. The summed E-state index contributed by atoms with van der Waals surface area (Å²) in [5.41, 5.74) is 0. The van der Waals surface area contributed by atoms with Gasteiger partial charge in [-0.15, -0.1) is 10.2 Å². The molecule has 8 heteroatoms. The molecule has 0 aromatic carbocycles. The number of urea groups is 1. The van der Waals surface area contributed by atoms with Crippen molar-refractivity contribution in [3.05, 3.63) is 5.82 Å². The Labute approximate surface area is 152 Å². The molecule has 0 saturated heterocycles. The fraction of sp³-hybridized carbons (Fsp3) is 0.765. The van der Waals surface area contributed by atoms with Crippen LogP contribution in [0.25, 0.3) is 0 Å². The van der Waals surface area contributed by atoms with Crippen molar-refractivity contribution < 1.29 is 9.59 Å². The molecule has 1 aromatic heterocycles. The Bertz CT molecular complexity index is 618. The van der Waals surface area contributed by atoms with Gasteiger partial charge in [-0.2, -0.15) is 0 Å². The number of aromatic nitrogens is 3. The molecule has 138 valence electrons. The van der Waals surface area contributed by atoms with Crippen molar-refractivity contribution in [2.75, 3.05) is 5.75 Å². The molecule has 0 spiro atoms. The largest absolute Gasteiger partial charge is 0.335 e. The second-order valence-corrected chi connectivity index (χ2v) is 7.98. The second-order valence-electron chi connectivity index (χ2n) is 7.04. The van der Waals surface area contributed by atoms with E-state index in [1.54, 1.807) is 0 Å². The van der Waals surface area contributed by atoms with Crippen molar-refractivity contribution in [3.63, 3.8) is 0 Å². The summed E-state index contributed by atoms with van der Waals surface area (Å²) in [6, 6.07) is -0.217. The maximum Gasteiger partial charge on any atom is 0.321 e. The van der Waals surface area contributed by atoms with Crippen LogP contribution >= 0.6 is 11.8 Å². The average Bonchev–Trinajstić information content (AvgIpc) is 2.81. The Morgan fingerprint density at radius 3 is 2.84 bits per heavy atom. The summed E-state index contributed by atoms with van der Waals surface area (Å²) < 4.78 is 2.11. The standard InChI is InChI=1S/C17H27N5O2S/c1-12-7-4-5-8-13(12)18-16(24)19-15(23)11-25-17-21-20-14-9-3-2-6-10-22(14)17/h12-13H,2-11H2,1H3,(H2,18,19,23,24)/t12-,13+/m1/s1. The molecule has 2 atom stereocenters. The number of imide groups is 1. The molecule has 0 radical (unpaired) electrons. The fourth-order valence-electron chi connectivity index (χ4n) is 3.59. The van der Waals surface area contributed by atoms with E-state index in [-0.39, 0.29) is 23.7 Å². The predicted octanol–water partition coefficient (Wildman–Crippen LogP) is 2.50. The highest BCUT2D eigenvalue weighted by Gasteiger charge is 2.23. The first-order valence-electron chi connectivity index (χ1n) is 9.28. The number of nitrogens with one attached hydrogen (secondary N) is 2. The summed E-state index contributed by atoms with van der Waals surface area (Å²) in [5, 5.41) is 14.6. The molecule has 1 aliphatic carbocycles. The molecule has 2 heterocycles. The van der Waals surface area contributed by atoms with Crippen molar-refractivity contribution in [1.29, 1.82) is 0 Å². The van der Waals surface area contributed by atoms with Crippen molar-refractivity contribution in [2.24, 2.45) is 5.92 Å². The third-order valence-corrected chi connectivity index (χ3v) is 6.06. The molecule has 1 fully saturated rings. The van der Waals surface area contributed by atoms with Gasteiger partial charge in [-0.1, -0.05) is 37.9 Å². The zero-order valence-corrected chi connectivity index (χ0v) is 15.6. The highest BCUT2D eigenvalue weighted by atomic mass is 32.2. The predicted molar refractivity (Wildman–Crippen MR) is 96.4 cm³/mol. The Hall–Kier alpha value is -1.57. The number of aryl methyl sites for hydroxylation is 1. The monoisotopic (exact) mass is 365 g/mol. The van der Waals surface area contributed by atoms with Crippen molar-refractivity contribution in [2.45, 2.75) is 76.0 Å². The molecule has 1 aromatic rings. The lowest BCUT2D eigenvalue weighted by Gasteiger charge is -2.29. The average molecular weight is 366 g/mol. The van der Waals surface area contributed by atoms with Gasteiger partial charge in [0.15, 0.2) is 5.16 Å². The molecule has 1 aliphatic heterocycles. The zero-order chi connectivity index (χ0) is 17.6. The first kappa shape index (κ1) is 18.2. The minimum absolute atomic E-state index is 0.168. The van der Waals surface area contributed by atoms with Crippen LogP contribution in [0, 0.1) is 5.92 Å². The van der Waals surface area contributed by atoms with Gasteiger partial charge in [0.05, 0.1) is 5.75 Å². The fourth-order valence-corrected chi connectivity index (χ4v) is 4.38. The molecule has 2 N–H and O–H groups in total. The van der Waals surface area contributed by atoms with E-state index in [0.29, 0.717) is 5.92 Å². The van der Waals surface area contributed by atoms with Crippen LogP contribution in [0.2, 0.25) is 0 Å². The summed E-state index contributed by atoms with van der Waals surface area (Å²) in [7, 11) is 0. The topological polar surface area (TPSA) is 88.9 Å². The van der Waals surface area contributed by atoms with E-state index in [2.05, 4.69) is 32.3 Å². The number of thioether (sulfide) groups is 1. The summed E-state index contributed by atoms with van der Waals surface area (Å²) in [4.78, 5) is 24.1. The first-order valence-corrected chi connectivity index (χ1v) is 10.3.